The Kier molecular flexibility index (Phi) is 5.05. The number of rotatable bonds is 6. The molecule has 1 rings (SSSR count). The molecule has 2 nitrogen and oxygen atoms in total. The molecule has 0 spiro atoms. The second-order valence-corrected chi connectivity index (χ2v) is 3.32. The normalized spacial score (nSPS) is 12.2. The molecule has 1 aromatic carbocycles. The van der Waals surface area contributed by atoms with Gasteiger partial charge in [-0.25, -0.2) is 0 Å². The first-order chi connectivity index (χ1) is 7.26. The highest BCUT2D eigenvalue weighted by molar-refractivity contribution is 5.31. The Hall–Kier alpha value is -1.15. The molecule has 0 bridgehead atoms. The molecule has 1 atom stereocenters. The topological polar surface area (TPSA) is 18.5 Å². The summed E-state index contributed by atoms with van der Waals surface area (Å²) in [5, 5.41) is 0. The van der Waals surface area contributed by atoms with Crippen LogP contribution in [0.25, 0.3) is 0 Å². The third kappa shape index (κ3) is 4.26. The van der Waals surface area contributed by atoms with Gasteiger partial charge in [-0.3, -0.25) is 0 Å². The summed E-state index contributed by atoms with van der Waals surface area (Å²) in [5.74, 6) is 0.851. The van der Waals surface area contributed by atoms with Crippen LogP contribution in [0.1, 0.15) is 32.8 Å². The van der Waals surface area contributed by atoms with Crippen molar-refractivity contribution in [2.45, 2.75) is 33.5 Å². The second kappa shape index (κ2) is 6.36. The average molecular weight is 207 g/mol. The molecule has 0 N–H and O–H groups in total. The SMILES string of the molecule is CC[CH-]c1ccc(OC(C)OCC)cc1. The lowest BCUT2D eigenvalue weighted by Crippen LogP contribution is -2.15. The van der Waals surface area contributed by atoms with Crippen LogP contribution in [0, 0.1) is 6.42 Å². The third-order valence-electron chi connectivity index (χ3n) is 2.02. The van der Waals surface area contributed by atoms with Crippen LogP contribution in [0.4, 0.5) is 0 Å². The van der Waals surface area contributed by atoms with E-state index < -0.39 is 0 Å². The van der Waals surface area contributed by atoms with E-state index in [-0.39, 0.29) is 6.29 Å². The van der Waals surface area contributed by atoms with Gasteiger partial charge in [0, 0.05) is 6.61 Å². The first-order valence-corrected chi connectivity index (χ1v) is 5.47. The molecule has 0 aromatic heterocycles. The highest BCUT2D eigenvalue weighted by Crippen LogP contribution is 2.15. The summed E-state index contributed by atoms with van der Waals surface area (Å²) < 4.78 is 10.8. The minimum atomic E-state index is -0.184. The standard InChI is InChI=1S/C13H19O2/c1-4-6-12-7-9-13(10-8-12)15-11(3)14-5-2/h6-11H,4-5H2,1-3H3/q-1. The second-order valence-electron chi connectivity index (χ2n) is 3.32. The molecular weight excluding hydrogens is 188 g/mol. The van der Waals surface area contributed by atoms with E-state index in [1.807, 2.05) is 26.0 Å². The zero-order chi connectivity index (χ0) is 11.1. The Morgan fingerprint density at radius 3 is 2.40 bits per heavy atom. The maximum atomic E-state index is 5.55. The molecule has 0 aliphatic carbocycles. The van der Waals surface area contributed by atoms with E-state index in [0.717, 1.165) is 12.2 Å². The fourth-order valence-corrected chi connectivity index (χ4v) is 1.38. The van der Waals surface area contributed by atoms with Crippen molar-refractivity contribution in [1.29, 1.82) is 0 Å². The predicted molar refractivity (Wildman–Crippen MR) is 61.9 cm³/mol. The van der Waals surface area contributed by atoms with Crippen LogP contribution in [0.15, 0.2) is 24.3 Å². The van der Waals surface area contributed by atoms with Gasteiger partial charge in [-0.15, -0.1) is 0 Å². The summed E-state index contributed by atoms with van der Waals surface area (Å²) >= 11 is 0. The molecule has 0 saturated heterocycles. The third-order valence-corrected chi connectivity index (χ3v) is 2.02. The van der Waals surface area contributed by atoms with Crippen LogP contribution >= 0.6 is 0 Å². The summed E-state index contributed by atoms with van der Waals surface area (Å²) in [4.78, 5) is 0. The van der Waals surface area contributed by atoms with Crippen molar-refractivity contribution in [3.05, 3.63) is 36.2 Å². The van der Waals surface area contributed by atoms with Crippen LogP contribution in [0.2, 0.25) is 0 Å². The van der Waals surface area contributed by atoms with Gasteiger partial charge in [0.15, 0.2) is 6.29 Å². The summed E-state index contributed by atoms with van der Waals surface area (Å²) in [7, 11) is 0. The Morgan fingerprint density at radius 1 is 1.20 bits per heavy atom. The van der Waals surface area contributed by atoms with Crippen molar-refractivity contribution in [2.75, 3.05) is 6.61 Å². The van der Waals surface area contributed by atoms with Crippen molar-refractivity contribution in [2.24, 2.45) is 0 Å². The fourth-order valence-electron chi connectivity index (χ4n) is 1.38. The van der Waals surface area contributed by atoms with Crippen LogP contribution in [-0.4, -0.2) is 12.9 Å². The largest absolute Gasteiger partial charge is 0.467 e. The zero-order valence-electron chi connectivity index (χ0n) is 9.69. The molecule has 1 aromatic rings. The van der Waals surface area contributed by atoms with Gasteiger partial charge in [-0.05, 0) is 13.8 Å². The smallest absolute Gasteiger partial charge is 0.196 e. The molecule has 0 aliphatic heterocycles. The Morgan fingerprint density at radius 2 is 1.87 bits per heavy atom. The van der Waals surface area contributed by atoms with Gasteiger partial charge >= 0.3 is 0 Å². The first kappa shape index (κ1) is 11.9. The van der Waals surface area contributed by atoms with E-state index in [1.54, 1.807) is 0 Å². The molecule has 0 heterocycles. The molecule has 2 heteroatoms. The van der Waals surface area contributed by atoms with Gasteiger partial charge in [-0.2, -0.15) is 24.1 Å². The zero-order valence-corrected chi connectivity index (χ0v) is 9.69. The number of ether oxygens (including phenoxy) is 2. The minimum absolute atomic E-state index is 0.184. The van der Waals surface area contributed by atoms with Crippen LogP contribution in [-0.2, 0) is 4.74 Å². The minimum Gasteiger partial charge on any atom is -0.467 e. The van der Waals surface area contributed by atoms with Gasteiger partial charge < -0.3 is 9.47 Å². The number of benzene rings is 1. The highest BCUT2D eigenvalue weighted by atomic mass is 16.7. The van der Waals surface area contributed by atoms with Crippen LogP contribution in [0.5, 0.6) is 5.75 Å². The van der Waals surface area contributed by atoms with E-state index in [1.165, 1.54) is 5.56 Å². The average Bonchev–Trinajstić information content (AvgIpc) is 2.22. The van der Waals surface area contributed by atoms with Gasteiger partial charge in [0.2, 0.25) is 0 Å². The van der Waals surface area contributed by atoms with E-state index in [9.17, 15) is 0 Å². The summed E-state index contributed by atoms with van der Waals surface area (Å²) in [5.41, 5.74) is 1.23. The molecule has 1 unspecified atom stereocenters. The van der Waals surface area contributed by atoms with E-state index in [2.05, 4.69) is 25.5 Å². The van der Waals surface area contributed by atoms with Crippen molar-refractivity contribution < 1.29 is 9.47 Å². The van der Waals surface area contributed by atoms with Crippen molar-refractivity contribution in [1.82, 2.24) is 0 Å². The number of hydrogen-bond donors (Lipinski definition) is 0. The number of hydrogen-bond acceptors (Lipinski definition) is 2. The van der Waals surface area contributed by atoms with E-state index in [0.29, 0.717) is 6.61 Å². The molecule has 84 valence electrons. The van der Waals surface area contributed by atoms with Crippen LogP contribution in [0.3, 0.4) is 0 Å². The maximum Gasteiger partial charge on any atom is 0.196 e. The highest BCUT2D eigenvalue weighted by Gasteiger charge is 1.99. The maximum absolute atomic E-state index is 5.55. The van der Waals surface area contributed by atoms with Gasteiger partial charge in [-0.1, -0.05) is 25.5 Å². The van der Waals surface area contributed by atoms with Gasteiger partial charge in [0.05, 0.1) is 5.75 Å². The van der Waals surface area contributed by atoms with Crippen molar-refractivity contribution in [3.8, 4) is 5.75 Å². The molecule has 15 heavy (non-hydrogen) atoms. The quantitative estimate of drug-likeness (QED) is 0.525. The molecule has 0 fully saturated rings. The molecule has 0 saturated carbocycles. The van der Waals surface area contributed by atoms with Gasteiger partial charge in [0.25, 0.3) is 0 Å². The molecule has 0 radical (unpaired) electrons. The lowest BCUT2D eigenvalue weighted by atomic mass is 10.1. The summed E-state index contributed by atoms with van der Waals surface area (Å²) in [6, 6.07) is 8.04. The first-order valence-electron chi connectivity index (χ1n) is 5.47. The lowest BCUT2D eigenvalue weighted by molar-refractivity contribution is -0.0613. The predicted octanol–water partition coefficient (Wildman–Crippen LogP) is 3.41. The van der Waals surface area contributed by atoms with E-state index >= 15 is 0 Å². The molecular formula is C13H19O2-. The Balaban J connectivity index is 2.48. The van der Waals surface area contributed by atoms with Gasteiger partial charge in [0.1, 0.15) is 0 Å². The van der Waals surface area contributed by atoms with Crippen LogP contribution < -0.4 is 4.74 Å². The summed E-state index contributed by atoms with van der Waals surface area (Å²) in [6.45, 7) is 6.65. The Bertz CT molecular complexity index is 266. The summed E-state index contributed by atoms with van der Waals surface area (Å²) in [6.07, 6.45) is 3.04. The van der Waals surface area contributed by atoms with Crippen molar-refractivity contribution >= 4 is 0 Å². The van der Waals surface area contributed by atoms with Crippen molar-refractivity contribution in [3.63, 3.8) is 0 Å². The van der Waals surface area contributed by atoms with E-state index in [4.69, 9.17) is 9.47 Å². The Labute approximate surface area is 92.2 Å². The fraction of sp³-hybridized carbons (Fsp3) is 0.462. The lowest BCUT2D eigenvalue weighted by Gasteiger charge is -2.16. The molecule has 0 amide bonds. The monoisotopic (exact) mass is 207 g/mol. The molecule has 0 aliphatic rings.